The number of pyridine rings is 1. The van der Waals surface area contributed by atoms with E-state index >= 15 is 0 Å². The minimum absolute atomic E-state index is 0.0237. The van der Waals surface area contributed by atoms with E-state index in [1.807, 2.05) is 30.3 Å². The summed E-state index contributed by atoms with van der Waals surface area (Å²) < 4.78 is 46.1. The number of hydrogen-bond donors (Lipinski definition) is 0. The molecule has 2 heterocycles. The maximum absolute atomic E-state index is 14.0. The molecular weight excluding hydrogens is 413 g/mol. The Bertz CT molecular complexity index is 1240. The van der Waals surface area contributed by atoms with Crippen LogP contribution in [0.5, 0.6) is 0 Å². The van der Waals surface area contributed by atoms with Crippen molar-refractivity contribution in [3.8, 4) is 11.3 Å². The third-order valence-corrected chi connectivity index (χ3v) is 5.61. The first-order valence-electron chi connectivity index (χ1n) is 8.99. The molecule has 0 unspecified atom stereocenters. The minimum Gasteiger partial charge on any atom is -0.469 e. The van der Waals surface area contributed by atoms with Crippen molar-refractivity contribution in [2.75, 3.05) is 7.11 Å². The maximum atomic E-state index is 14.0. The molecular formula is C22H15F3N2O2S. The fraction of sp³-hybridized carbons (Fsp3) is 0.136. The molecule has 152 valence electrons. The van der Waals surface area contributed by atoms with Crippen molar-refractivity contribution in [3.05, 3.63) is 82.2 Å². The SMILES string of the molecule is COC(=O)Cc1cc(Cc2nc3c(F)c(F)cc(F)c3s2)cnc1-c1ccccc1. The maximum Gasteiger partial charge on any atom is 0.310 e. The Morgan fingerprint density at radius 1 is 1.10 bits per heavy atom. The molecule has 4 aromatic rings. The molecule has 0 aliphatic rings. The van der Waals surface area contributed by atoms with Gasteiger partial charge in [-0.2, -0.15) is 0 Å². The molecule has 0 atom stereocenters. The zero-order valence-electron chi connectivity index (χ0n) is 15.8. The summed E-state index contributed by atoms with van der Waals surface area (Å²) in [6, 6.07) is 11.7. The number of fused-ring (bicyclic) bond motifs is 1. The van der Waals surface area contributed by atoms with E-state index in [1.165, 1.54) is 7.11 Å². The van der Waals surface area contributed by atoms with E-state index in [4.69, 9.17) is 4.74 Å². The van der Waals surface area contributed by atoms with Gasteiger partial charge in [0.25, 0.3) is 0 Å². The number of thiazole rings is 1. The summed E-state index contributed by atoms with van der Waals surface area (Å²) in [6.45, 7) is 0. The van der Waals surface area contributed by atoms with Gasteiger partial charge in [-0.15, -0.1) is 11.3 Å². The van der Waals surface area contributed by atoms with E-state index in [0.717, 1.165) is 16.9 Å². The van der Waals surface area contributed by atoms with Crippen LogP contribution in [0.2, 0.25) is 0 Å². The Morgan fingerprint density at radius 3 is 2.60 bits per heavy atom. The van der Waals surface area contributed by atoms with Gasteiger partial charge in [0.2, 0.25) is 0 Å². The predicted molar refractivity (Wildman–Crippen MR) is 108 cm³/mol. The number of carbonyl (C=O) groups is 1. The summed E-state index contributed by atoms with van der Waals surface area (Å²) in [5.74, 6) is -3.70. The van der Waals surface area contributed by atoms with Gasteiger partial charge in [-0.3, -0.25) is 9.78 Å². The molecule has 0 fully saturated rings. The summed E-state index contributed by atoms with van der Waals surface area (Å²) in [4.78, 5) is 20.4. The van der Waals surface area contributed by atoms with Crippen LogP contribution in [0.1, 0.15) is 16.1 Å². The van der Waals surface area contributed by atoms with Crippen LogP contribution in [0.3, 0.4) is 0 Å². The van der Waals surface area contributed by atoms with Gasteiger partial charge in [-0.05, 0) is 11.1 Å². The van der Waals surface area contributed by atoms with Crippen LogP contribution in [0, 0.1) is 17.5 Å². The quantitative estimate of drug-likeness (QED) is 0.329. The standard InChI is InChI=1S/C22H15F3N2O2S/c1-29-18(28)9-14-7-12(11-26-20(14)13-5-3-2-4-6-13)8-17-27-21-19(25)15(23)10-16(24)22(21)30-17/h2-7,10-11H,8-9H2,1H3. The number of hydrogen-bond acceptors (Lipinski definition) is 5. The number of esters is 1. The lowest BCUT2D eigenvalue weighted by atomic mass is 10.0. The number of halogens is 3. The summed E-state index contributed by atoms with van der Waals surface area (Å²) >= 11 is 0.954. The van der Waals surface area contributed by atoms with Crippen LogP contribution in [0.15, 0.2) is 48.7 Å². The van der Waals surface area contributed by atoms with Crippen LogP contribution in [-0.4, -0.2) is 23.0 Å². The highest BCUT2D eigenvalue weighted by molar-refractivity contribution is 7.18. The second-order valence-corrected chi connectivity index (χ2v) is 7.67. The van der Waals surface area contributed by atoms with Gasteiger partial charge in [-0.25, -0.2) is 18.2 Å². The van der Waals surface area contributed by atoms with Gasteiger partial charge in [-0.1, -0.05) is 36.4 Å². The monoisotopic (exact) mass is 428 g/mol. The molecule has 0 aliphatic carbocycles. The molecule has 0 amide bonds. The first kappa shape index (κ1) is 20.0. The van der Waals surface area contributed by atoms with E-state index in [1.54, 1.807) is 12.3 Å². The van der Waals surface area contributed by atoms with Gasteiger partial charge in [0.15, 0.2) is 11.6 Å². The lowest BCUT2D eigenvalue weighted by Crippen LogP contribution is -2.07. The Morgan fingerprint density at radius 2 is 1.87 bits per heavy atom. The third-order valence-electron chi connectivity index (χ3n) is 4.55. The molecule has 0 bridgehead atoms. The second-order valence-electron chi connectivity index (χ2n) is 6.59. The van der Waals surface area contributed by atoms with Crippen molar-refractivity contribution in [2.45, 2.75) is 12.8 Å². The molecule has 0 saturated heterocycles. The van der Waals surface area contributed by atoms with Gasteiger partial charge in [0.05, 0.1) is 28.9 Å². The Balaban J connectivity index is 1.72. The minimum atomic E-state index is -1.27. The molecule has 0 saturated carbocycles. The second kappa shape index (κ2) is 8.23. The summed E-state index contributed by atoms with van der Waals surface area (Å²) in [6.07, 6.45) is 1.88. The molecule has 30 heavy (non-hydrogen) atoms. The number of carbonyl (C=O) groups excluding carboxylic acids is 1. The van der Waals surface area contributed by atoms with Crippen molar-refractivity contribution in [2.24, 2.45) is 0 Å². The summed E-state index contributed by atoms with van der Waals surface area (Å²) in [5.41, 5.74) is 2.54. The number of ether oxygens (including phenoxy) is 1. The number of methoxy groups -OCH3 is 1. The average molecular weight is 428 g/mol. The van der Waals surface area contributed by atoms with Crippen molar-refractivity contribution in [1.29, 1.82) is 0 Å². The number of nitrogens with zero attached hydrogens (tertiary/aromatic N) is 2. The number of aromatic nitrogens is 2. The smallest absolute Gasteiger partial charge is 0.310 e. The van der Waals surface area contributed by atoms with E-state index in [0.29, 0.717) is 27.9 Å². The van der Waals surface area contributed by atoms with Crippen LogP contribution in [-0.2, 0) is 22.4 Å². The van der Waals surface area contributed by atoms with E-state index < -0.39 is 23.4 Å². The molecule has 0 spiro atoms. The Kier molecular flexibility index (Phi) is 5.50. The highest BCUT2D eigenvalue weighted by atomic mass is 32.1. The first-order valence-corrected chi connectivity index (χ1v) is 9.81. The number of rotatable bonds is 5. The van der Waals surface area contributed by atoms with Crippen LogP contribution in [0.4, 0.5) is 13.2 Å². The third kappa shape index (κ3) is 3.91. The fourth-order valence-corrected chi connectivity index (χ4v) is 4.15. The lowest BCUT2D eigenvalue weighted by molar-refractivity contribution is -0.139. The van der Waals surface area contributed by atoms with Crippen LogP contribution < -0.4 is 0 Å². The van der Waals surface area contributed by atoms with E-state index in [2.05, 4.69) is 9.97 Å². The first-order chi connectivity index (χ1) is 14.5. The van der Waals surface area contributed by atoms with Crippen LogP contribution >= 0.6 is 11.3 Å². The Hall–Kier alpha value is -3.26. The van der Waals surface area contributed by atoms with Gasteiger partial charge in [0, 0.05) is 24.2 Å². The zero-order valence-corrected chi connectivity index (χ0v) is 16.6. The number of benzene rings is 2. The zero-order chi connectivity index (χ0) is 21.3. The fourth-order valence-electron chi connectivity index (χ4n) is 3.15. The van der Waals surface area contributed by atoms with E-state index in [9.17, 15) is 18.0 Å². The molecule has 8 heteroatoms. The largest absolute Gasteiger partial charge is 0.469 e. The molecule has 0 N–H and O–H groups in total. The average Bonchev–Trinajstić information content (AvgIpc) is 3.17. The van der Waals surface area contributed by atoms with Crippen LogP contribution in [0.25, 0.3) is 21.5 Å². The van der Waals surface area contributed by atoms with Gasteiger partial charge in [0.1, 0.15) is 11.3 Å². The molecule has 4 rings (SSSR count). The molecule has 0 aliphatic heterocycles. The predicted octanol–water partition coefficient (Wildman–Crippen LogP) is 5.08. The van der Waals surface area contributed by atoms with Crippen molar-refractivity contribution in [3.63, 3.8) is 0 Å². The highest BCUT2D eigenvalue weighted by Gasteiger charge is 2.18. The molecule has 4 nitrogen and oxygen atoms in total. The van der Waals surface area contributed by atoms with E-state index in [-0.39, 0.29) is 23.1 Å². The highest BCUT2D eigenvalue weighted by Crippen LogP contribution is 2.30. The normalized spacial score (nSPS) is 11.1. The lowest BCUT2D eigenvalue weighted by Gasteiger charge is -2.10. The Labute approximate surface area is 174 Å². The van der Waals surface area contributed by atoms with Crippen molar-refractivity contribution >= 4 is 27.5 Å². The van der Waals surface area contributed by atoms with Gasteiger partial charge >= 0.3 is 5.97 Å². The topological polar surface area (TPSA) is 52.1 Å². The molecule has 0 radical (unpaired) electrons. The summed E-state index contributed by atoms with van der Waals surface area (Å²) in [5, 5.41) is 0.409. The molecule has 2 aromatic heterocycles. The van der Waals surface area contributed by atoms with Gasteiger partial charge < -0.3 is 4.74 Å². The summed E-state index contributed by atoms with van der Waals surface area (Å²) in [7, 11) is 1.31. The van der Waals surface area contributed by atoms with Crippen molar-refractivity contribution < 1.29 is 22.7 Å². The van der Waals surface area contributed by atoms with Crippen molar-refractivity contribution in [1.82, 2.24) is 9.97 Å². The molecule has 2 aromatic carbocycles.